The number of aliphatic hydroxyl groups is 2. The Kier molecular flexibility index (Phi) is 33.0. The second-order valence-corrected chi connectivity index (χ2v) is 20.9. The summed E-state index contributed by atoms with van der Waals surface area (Å²) in [6.07, 6.45) is 0.844. The molecule has 0 aliphatic carbocycles. The van der Waals surface area contributed by atoms with Crippen molar-refractivity contribution in [2.75, 3.05) is 64.8 Å². The van der Waals surface area contributed by atoms with Crippen molar-refractivity contribution in [2.24, 2.45) is 23.5 Å². The molecule has 1 heterocycles. The standard InChI is InChI=1S/C49H83N15O18S/c1-23(2)12-29(60-42(74)28(50)20-65)43(75)55-17-37(70)53-15-35(68)51-14-34(67)52-16-36(69)54-18-39(72)59-32(22-83)45(77)58-26(7)41(73)61-30(13-24(3)4)48(80)64-11-9-10-33(64)46(78)63-40(25(5)6)47(79)62-31(21-66)44(76)56-19-38(71)57-27(8)49(81)82/h23-33,40,65-66,83H,9-22,50H2,1-8H3,(H,51,68)(H,52,67)(H,53,70)(H,54,69)(H,55,75)(H,56,76)(H,57,71)(H,58,77)(H,59,72)(H,60,74)(H,61,73)(H,62,79)(H,63,78)(H,81,82)/t26-,27-,28-,29-,30-,31-,32-,33-,40-/m0/s1. The lowest BCUT2D eigenvalue weighted by Crippen LogP contribution is -2.60. The van der Waals surface area contributed by atoms with E-state index in [4.69, 9.17) is 15.9 Å². The third-order valence-electron chi connectivity index (χ3n) is 12.1. The van der Waals surface area contributed by atoms with Crippen molar-refractivity contribution in [1.82, 2.24) is 74.0 Å². The van der Waals surface area contributed by atoms with E-state index in [2.05, 4.69) is 81.7 Å². The Hall–Kier alpha value is -7.72. The number of likely N-dealkylation sites (tertiary alicyclic amines) is 1. The number of carboxylic acid groups (broad SMARTS) is 1. The number of nitrogens with zero attached hydrogens (tertiary/aromatic N) is 1. The van der Waals surface area contributed by atoms with Crippen LogP contribution in [-0.4, -0.2) is 228 Å². The van der Waals surface area contributed by atoms with Gasteiger partial charge >= 0.3 is 5.97 Å². The number of carbonyl (C=O) groups excluding carboxylic acids is 14. The second kappa shape index (κ2) is 37.4. The SMILES string of the molecule is CC(C)C[C@H](NC(=O)[C@@H](N)CO)C(=O)NCC(=O)NCC(=O)NCC(=O)NCC(=O)NCC(=O)N[C@@H](CS)C(=O)N[C@@H](C)C(=O)N[C@@H](CC(C)C)C(=O)N1CCC[C@H]1C(=O)N[C@H](C(=O)N[C@@H](CO)C(=O)NCC(=O)N[C@@H](C)C(=O)O)C(C)C. The zero-order valence-corrected chi connectivity index (χ0v) is 48.7. The van der Waals surface area contributed by atoms with Gasteiger partial charge in [-0.15, -0.1) is 0 Å². The van der Waals surface area contributed by atoms with E-state index in [9.17, 15) is 77.0 Å². The van der Waals surface area contributed by atoms with Crippen molar-refractivity contribution in [3.63, 3.8) is 0 Å². The lowest BCUT2D eigenvalue weighted by molar-refractivity contribution is -0.143. The topological polar surface area (TPSA) is 502 Å². The molecule has 1 fully saturated rings. The molecule has 0 spiro atoms. The molecule has 14 amide bonds. The third-order valence-corrected chi connectivity index (χ3v) is 12.4. The predicted octanol–water partition coefficient (Wildman–Crippen LogP) is -8.82. The second-order valence-electron chi connectivity index (χ2n) is 20.5. The van der Waals surface area contributed by atoms with Crippen LogP contribution in [0.25, 0.3) is 0 Å². The molecule has 18 N–H and O–H groups in total. The van der Waals surface area contributed by atoms with E-state index in [1.165, 1.54) is 18.7 Å². The lowest BCUT2D eigenvalue weighted by atomic mass is 10.0. The maximum absolute atomic E-state index is 14.1. The monoisotopic (exact) mass is 1200 g/mol. The van der Waals surface area contributed by atoms with Gasteiger partial charge in [0.05, 0.1) is 52.5 Å². The molecule has 83 heavy (non-hydrogen) atoms. The maximum atomic E-state index is 14.1. The molecule has 0 saturated carbocycles. The minimum absolute atomic E-state index is 0.0445. The first-order chi connectivity index (χ1) is 38.8. The van der Waals surface area contributed by atoms with Gasteiger partial charge in [0.1, 0.15) is 54.4 Å². The number of rotatable bonds is 36. The minimum atomic E-state index is -1.57. The zero-order chi connectivity index (χ0) is 63.3. The first-order valence-corrected chi connectivity index (χ1v) is 27.3. The fourth-order valence-electron chi connectivity index (χ4n) is 7.52. The fourth-order valence-corrected chi connectivity index (χ4v) is 7.77. The van der Waals surface area contributed by atoms with Crippen molar-refractivity contribution in [2.45, 2.75) is 135 Å². The Morgan fingerprint density at radius 2 is 0.928 bits per heavy atom. The van der Waals surface area contributed by atoms with E-state index in [0.717, 1.165) is 0 Å². The van der Waals surface area contributed by atoms with E-state index >= 15 is 0 Å². The molecule has 1 aliphatic heterocycles. The molecule has 468 valence electrons. The Morgan fingerprint density at radius 1 is 0.482 bits per heavy atom. The molecular weight excluding hydrogens is 1120 g/mol. The molecule has 0 bridgehead atoms. The summed E-state index contributed by atoms with van der Waals surface area (Å²) in [5, 5.41) is 58.2. The molecule has 0 aromatic heterocycles. The maximum Gasteiger partial charge on any atom is 0.325 e. The number of nitrogens with one attached hydrogen (secondary N) is 13. The summed E-state index contributed by atoms with van der Waals surface area (Å²) in [4.78, 5) is 192. The summed E-state index contributed by atoms with van der Waals surface area (Å²) in [5.41, 5.74) is 5.49. The number of aliphatic hydroxyl groups excluding tert-OH is 2. The smallest absolute Gasteiger partial charge is 0.325 e. The van der Waals surface area contributed by atoms with Crippen LogP contribution in [0.4, 0.5) is 0 Å². The number of aliphatic carboxylic acids is 1. The van der Waals surface area contributed by atoms with Crippen LogP contribution in [0.15, 0.2) is 0 Å². The lowest BCUT2D eigenvalue weighted by Gasteiger charge is -2.31. The van der Waals surface area contributed by atoms with Gasteiger partial charge in [0.2, 0.25) is 82.7 Å². The molecule has 34 heteroatoms. The Morgan fingerprint density at radius 3 is 1.40 bits per heavy atom. The highest BCUT2D eigenvalue weighted by molar-refractivity contribution is 7.80. The van der Waals surface area contributed by atoms with Crippen LogP contribution in [0.1, 0.15) is 81.1 Å². The first kappa shape index (κ1) is 73.3. The summed E-state index contributed by atoms with van der Waals surface area (Å²) in [5.74, 6) is -13.7. The van der Waals surface area contributed by atoms with Gasteiger partial charge < -0.3 is 95.1 Å². The summed E-state index contributed by atoms with van der Waals surface area (Å²) >= 11 is 4.11. The Labute approximate surface area is 484 Å². The molecule has 1 aliphatic rings. The van der Waals surface area contributed by atoms with Gasteiger partial charge in [-0.05, 0) is 57.3 Å². The summed E-state index contributed by atoms with van der Waals surface area (Å²) < 4.78 is 0. The molecule has 1 rings (SSSR count). The van der Waals surface area contributed by atoms with Gasteiger partial charge in [-0.3, -0.25) is 71.9 Å². The van der Waals surface area contributed by atoms with Gasteiger partial charge in [-0.2, -0.15) is 12.6 Å². The number of nitrogens with two attached hydrogens (primary N) is 1. The van der Waals surface area contributed by atoms with Crippen molar-refractivity contribution < 1.29 is 87.2 Å². The number of carbonyl (C=O) groups is 15. The molecule has 33 nitrogen and oxygen atoms in total. The molecule has 0 radical (unpaired) electrons. The zero-order valence-electron chi connectivity index (χ0n) is 47.8. The van der Waals surface area contributed by atoms with Gasteiger partial charge in [-0.25, -0.2) is 0 Å². The van der Waals surface area contributed by atoms with Crippen LogP contribution in [0, 0.1) is 17.8 Å². The van der Waals surface area contributed by atoms with Crippen LogP contribution in [0.5, 0.6) is 0 Å². The van der Waals surface area contributed by atoms with E-state index in [1.54, 1.807) is 41.5 Å². The highest BCUT2D eigenvalue weighted by Gasteiger charge is 2.40. The van der Waals surface area contributed by atoms with E-state index < -0.39 is 201 Å². The highest BCUT2D eigenvalue weighted by atomic mass is 32.1. The number of carboxylic acids is 1. The van der Waals surface area contributed by atoms with Gasteiger partial charge in [0, 0.05) is 12.3 Å². The molecule has 1 saturated heterocycles. The van der Waals surface area contributed by atoms with Crippen molar-refractivity contribution in [1.29, 1.82) is 0 Å². The quantitative estimate of drug-likeness (QED) is 0.0259. The van der Waals surface area contributed by atoms with Crippen LogP contribution in [0.2, 0.25) is 0 Å². The van der Waals surface area contributed by atoms with Crippen LogP contribution < -0.4 is 74.9 Å². The third kappa shape index (κ3) is 27.7. The molecule has 0 aromatic rings. The predicted molar refractivity (Wildman–Crippen MR) is 295 cm³/mol. The van der Waals surface area contributed by atoms with Crippen LogP contribution >= 0.6 is 12.6 Å². The summed E-state index contributed by atoms with van der Waals surface area (Å²) in [7, 11) is 0. The largest absolute Gasteiger partial charge is 0.480 e. The average Bonchev–Trinajstić information content (AvgIpc) is 4.15. The van der Waals surface area contributed by atoms with Crippen LogP contribution in [0.3, 0.4) is 0 Å². The molecule has 0 aromatic carbocycles. The summed E-state index contributed by atoms with van der Waals surface area (Å²) in [6, 6.07) is -11.4. The normalized spacial score (nSPS) is 15.7. The number of hydrogen-bond acceptors (Lipinski definition) is 19. The number of amides is 14. The average molecular weight is 1200 g/mol. The van der Waals surface area contributed by atoms with Crippen molar-refractivity contribution in [3.8, 4) is 0 Å². The van der Waals surface area contributed by atoms with E-state index in [1.807, 2.05) is 0 Å². The minimum Gasteiger partial charge on any atom is -0.480 e. The summed E-state index contributed by atoms with van der Waals surface area (Å²) in [6.45, 7) is 7.62. The number of hydrogen-bond donors (Lipinski definition) is 18. The van der Waals surface area contributed by atoms with E-state index in [0.29, 0.717) is 6.42 Å². The van der Waals surface area contributed by atoms with Gasteiger partial charge in [0.15, 0.2) is 0 Å². The first-order valence-electron chi connectivity index (χ1n) is 26.7. The van der Waals surface area contributed by atoms with Crippen LogP contribution in [-0.2, 0) is 71.9 Å². The molecule has 9 atom stereocenters. The molecule has 0 unspecified atom stereocenters. The Bertz CT molecular complexity index is 2330. The highest BCUT2D eigenvalue weighted by Crippen LogP contribution is 2.21. The van der Waals surface area contributed by atoms with Gasteiger partial charge in [0.25, 0.3) is 0 Å². The number of thiol groups is 1. The fraction of sp³-hybridized carbons (Fsp3) is 0.694. The van der Waals surface area contributed by atoms with Gasteiger partial charge in [-0.1, -0.05) is 41.5 Å². The Balaban J connectivity index is 2.72. The van der Waals surface area contributed by atoms with E-state index in [-0.39, 0.29) is 43.4 Å². The molecular formula is C49H83N15O18S. The van der Waals surface area contributed by atoms with Crippen molar-refractivity contribution >= 4 is 101 Å². The van der Waals surface area contributed by atoms with Crippen molar-refractivity contribution in [3.05, 3.63) is 0 Å².